The van der Waals surface area contributed by atoms with E-state index in [9.17, 15) is 9.59 Å². The lowest BCUT2D eigenvalue weighted by Gasteiger charge is -2.09. The minimum atomic E-state index is -1.09. The number of aliphatic carboxylic acids is 1. The molecule has 1 amide bonds. The van der Waals surface area contributed by atoms with Crippen molar-refractivity contribution in [3.8, 4) is 0 Å². The number of rotatable bonds is 6. The smallest absolute Gasteiger partial charge is 0.305 e. The van der Waals surface area contributed by atoms with Gasteiger partial charge in [0, 0.05) is 26.2 Å². The quantitative estimate of drug-likeness (QED) is 0.583. The Morgan fingerprint density at radius 3 is 2.88 bits per heavy atom. The van der Waals surface area contributed by atoms with E-state index in [0.29, 0.717) is 13.0 Å². The van der Waals surface area contributed by atoms with Gasteiger partial charge in [-0.2, -0.15) is 5.10 Å². The van der Waals surface area contributed by atoms with Gasteiger partial charge in [0.2, 0.25) is 5.91 Å². The van der Waals surface area contributed by atoms with Crippen LogP contribution in [0.3, 0.4) is 0 Å². The van der Waals surface area contributed by atoms with E-state index >= 15 is 0 Å². The molecule has 1 atom stereocenters. The van der Waals surface area contributed by atoms with E-state index in [1.54, 1.807) is 4.68 Å². The Hall–Kier alpha value is -1.89. The molecule has 0 bridgehead atoms. The molecule has 0 saturated carbocycles. The maximum absolute atomic E-state index is 11.3. The zero-order chi connectivity index (χ0) is 12.8. The molecule has 1 heterocycles. The second kappa shape index (κ2) is 6.00. The first-order chi connectivity index (χ1) is 7.99. The van der Waals surface area contributed by atoms with Crippen LogP contribution >= 0.6 is 0 Å². The maximum atomic E-state index is 11.3. The van der Waals surface area contributed by atoms with Crippen LogP contribution in [0.1, 0.15) is 12.1 Å². The third-order valence-corrected chi connectivity index (χ3v) is 2.18. The molecule has 1 rings (SSSR count). The lowest BCUT2D eigenvalue weighted by atomic mass is 10.2. The van der Waals surface area contributed by atoms with Gasteiger partial charge in [-0.1, -0.05) is 0 Å². The summed E-state index contributed by atoms with van der Waals surface area (Å²) < 4.78 is 1.67. The fourth-order valence-electron chi connectivity index (χ4n) is 1.32. The molecule has 0 aromatic carbocycles. The minimum Gasteiger partial charge on any atom is -0.481 e. The number of carboxylic acid groups (broad SMARTS) is 1. The molecule has 1 unspecified atom stereocenters. The van der Waals surface area contributed by atoms with Gasteiger partial charge in [0.05, 0.1) is 18.2 Å². The van der Waals surface area contributed by atoms with Crippen molar-refractivity contribution in [2.24, 2.45) is 12.8 Å². The number of hydrogen-bond donors (Lipinski definition) is 3. The van der Waals surface area contributed by atoms with E-state index in [-0.39, 0.29) is 6.42 Å². The number of aromatic nitrogens is 2. The summed E-state index contributed by atoms with van der Waals surface area (Å²) in [5.41, 5.74) is 6.25. The summed E-state index contributed by atoms with van der Waals surface area (Å²) >= 11 is 0. The normalized spacial score (nSPS) is 12.1. The summed E-state index contributed by atoms with van der Waals surface area (Å²) in [6, 6.07) is 0.847. The molecular formula is C10H16N4O3. The van der Waals surface area contributed by atoms with Gasteiger partial charge in [-0.3, -0.25) is 14.3 Å². The van der Waals surface area contributed by atoms with Crippen LogP contribution in [0.5, 0.6) is 0 Å². The molecule has 1 aromatic rings. The van der Waals surface area contributed by atoms with E-state index in [2.05, 4.69) is 10.4 Å². The second-order valence-corrected chi connectivity index (χ2v) is 3.73. The van der Waals surface area contributed by atoms with Crippen LogP contribution in [-0.2, 0) is 23.1 Å². The van der Waals surface area contributed by atoms with Crippen LogP contribution in [0.2, 0.25) is 0 Å². The Bertz CT molecular complexity index is 402. The van der Waals surface area contributed by atoms with Gasteiger partial charge >= 0.3 is 5.97 Å². The van der Waals surface area contributed by atoms with Crippen molar-refractivity contribution in [1.82, 2.24) is 15.1 Å². The van der Waals surface area contributed by atoms with Crippen LogP contribution in [0.4, 0.5) is 0 Å². The molecule has 1 aromatic heterocycles. The summed E-state index contributed by atoms with van der Waals surface area (Å²) in [7, 11) is 1.81. The second-order valence-electron chi connectivity index (χ2n) is 3.73. The molecule has 0 radical (unpaired) electrons. The molecule has 17 heavy (non-hydrogen) atoms. The molecule has 0 aliphatic rings. The minimum absolute atomic E-state index is 0.366. The van der Waals surface area contributed by atoms with E-state index < -0.39 is 17.9 Å². The van der Waals surface area contributed by atoms with Crippen LogP contribution in [0, 0.1) is 0 Å². The Kier molecular flexibility index (Phi) is 4.65. The van der Waals surface area contributed by atoms with Crippen molar-refractivity contribution in [2.45, 2.75) is 18.9 Å². The zero-order valence-electron chi connectivity index (χ0n) is 9.59. The summed E-state index contributed by atoms with van der Waals surface area (Å²) in [4.78, 5) is 21.7. The van der Waals surface area contributed by atoms with Crippen molar-refractivity contribution in [3.63, 3.8) is 0 Å². The van der Waals surface area contributed by atoms with Crippen molar-refractivity contribution in [1.29, 1.82) is 0 Å². The molecule has 0 spiro atoms. The van der Waals surface area contributed by atoms with Crippen LogP contribution in [0.25, 0.3) is 0 Å². The predicted octanol–water partition coefficient (Wildman–Crippen LogP) is -1.12. The fraction of sp³-hybridized carbons (Fsp3) is 0.500. The highest BCUT2D eigenvalue weighted by Crippen LogP contribution is 1.94. The molecule has 94 valence electrons. The summed E-state index contributed by atoms with van der Waals surface area (Å²) in [6.45, 7) is 0.392. The third kappa shape index (κ3) is 4.64. The number of hydrogen-bond acceptors (Lipinski definition) is 4. The average molecular weight is 240 g/mol. The van der Waals surface area contributed by atoms with Gasteiger partial charge < -0.3 is 16.2 Å². The highest BCUT2D eigenvalue weighted by atomic mass is 16.4. The van der Waals surface area contributed by atoms with Crippen LogP contribution < -0.4 is 11.1 Å². The Balaban J connectivity index is 2.26. The van der Waals surface area contributed by atoms with Crippen LogP contribution in [0.15, 0.2) is 12.3 Å². The van der Waals surface area contributed by atoms with Gasteiger partial charge in [-0.25, -0.2) is 0 Å². The van der Waals surface area contributed by atoms with Gasteiger partial charge in [-0.05, 0) is 6.07 Å². The van der Waals surface area contributed by atoms with Gasteiger partial charge in [0.1, 0.15) is 0 Å². The molecule has 7 heteroatoms. The van der Waals surface area contributed by atoms with Crippen molar-refractivity contribution >= 4 is 11.9 Å². The number of nitrogens with one attached hydrogen (secondary N) is 1. The number of aryl methyl sites for hydroxylation is 1. The summed E-state index contributed by atoms with van der Waals surface area (Å²) in [6.07, 6.45) is 2.04. The van der Waals surface area contributed by atoms with Gasteiger partial charge in [0.25, 0.3) is 0 Å². The number of amides is 1. The lowest BCUT2D eigenvalue weighted by molar-refractivity contribution is -0.139. The molecular weight excluding hydrogens is 224 g/mol. The number of carbonyl (C=O) groups is 2. The average Bonchev–Trinajstić information content (AvgIpc) is 2.63. The van der Waals surface area contributed by atoms with Crippen molar-refractivity contribution < 1.29 is 14.7 Å². The van der Waals surface area contributed by atoms with Gasteiger partial charge in [0.15, 0.2) is 0 Å². The third-order valence-electron chi connectivity index (χ3n) is 2.18. The molecule has 0 aliphatic carbocycles. The molecule has 7 nitrogen and oxygen atoms in total. The number of nitrogens with zero attached hydrogens (tertiary/aromatic N) is 2. The van der Waals surface area contributed by atoms with E-state index in [1.165, 1.54) is 0 Å². The summed E-state index contributed by atoms with van der Waals surface area (Å²) in [5, 5.41) is 15.2. The number of carbonyl (C=O) groups excluding carboxylic acids is 1. The molecule has 4 N–H and O–H groups in total. The lowest BCUT2D eigenvalue weighted by Crippen LogP contribution is -2.42. The highest BCUT2D eigenvalue weighted by molar-refractivity contribution is 5.85. The molecule has 0 saturated heterocycles. The topological polar surface area (TPSA) is 110 Å². The van der Waals surface area contributed by atoms with E-state index in [4.69, 9.17) is 10.8 Å². The van der Waals surface area contributed by atoms with Crippen molar-refractivity contribution in [3.05, 3.63) is 18.0 Å². The van der Waals surface area contributed by atoms with Gasteiger partial charge in [-0.15, -0.1) is 0 Å². The highest BCUT2D eigenvalue weighted by Gasteiger charge is 2.16. The van der Waals surface area contributed by atoms with E-state index in [0.717, 1.165) is 5.69 Å². The molecule has 0 aliphatic heterocycles. The predicted molar refractivity (Wildman–Crippen MR) is 60.1 cm³/mol. The van der Waals surface area contributed by atoms with E-state index in [1.807, 2.05) is 19.3 Å². The fourth-order valence-corrected chi connectivity index (χ4v) is 1.32. The zero-order valence-corrected chi connectivity index (χ0v) is 9.59. The van der Waals surface area contributed by atoms with Crippen LogP contribution in [-0.4, -0.2) is 39.4 Å². The number of carboxylic acids is 1. The largest absolute Gasteiger partial charge is 0.481 e. The standard InChI is InChI=1S/C10H16N4O3/c1-14-5-3-7(13-14)2-4-12-10(17)8(11)6-9(15)16/h3,5,8H,2,4,6,11H2,1H3,(H,12,17)(H,15,16). The maximum Gasteiger partial charge on any atom is 0.305 e. The Labute approximate surface area is 98.6 Å². The molecule has 0 fully saturated rings. The first-order valence-corrected chi connectivity index (χ1v) is 5.22. The first-order valence-electron chi connectivity index (χ1n) is 5.22. The van der Waals surface area contributed by atoms with Crippen molar-refractivity contribution in [2.75, 3.05) is 6.54 Å². The Morgan fingerprint density at radius 2 is 2.35 bits per heavy atom. The monoisotopic (exact) mass is 240 g/mol. The number of nitrogens with two attached hydrogens (primary N) is 1. The Morgan fingerprint density at radius 1 is 1.65 bits per heavy atom. The SMILES string of the molecule is Cn1ccc(CCNC(=O)C(N)CC(=O)O)n1. The summed E-state index contributed by atoms with van der Waals surface area (Å²) in [5.74, 6) is -1.54. The first kappa shape index (κ1) is 13.2.